The molecule has 112 valence electrons. The fourth-order valence-corrected chi connectivity index (χ4v) is 2.39. The molecule has 2 N–H and O–H groups in total. The Labute approximate surface area is 126 Å². The minimum absolute atomic E-state index is 0.00294. The first-order valence-corrected chi connectivity index (χ1v) is 7.32. The Bertz CT molecular complexity index is 449. The van der Waals surface area contributed by atoms with E-state index in [9.17, 15) is 4.79 Å². The lowest BCUT2D eigenvalue weighted by atomic mass is 10.1. The van der Waals surface area contributed by atoms with E-state index in [1.54, 1.807) is 0 Å². The molecule has 0 aliphatic carbocycles. The molecule has 4 nitrogen and oxygen atoms in total. The summed E-state index contributed by atoms with van der Waals surface area (Å²) in [6.45, 7) is 7.88. The van der Waals surface area contributed by atoms with Crippen LogP contribution in [0, 0.1) is 0 Å². The van der Waals surface area contributed by atoms with E-state index >= 15 is 0 Å². The number of hydrogen-bond donors (Lipinski definition) is 2. The van der Waals surface area contributed by atoms with Gasteiger partial charge in [-0.05, 0) is 32.0 Å². The lowest BCUT2D eigenvalue weighted by Crippen LogP contribution is -2.39. The van der Waals surface area contributed by atoms with Gasteiger partial charge in [0.1, 0.15) is 0 Å². The molecule has 1 rings (SSSR count). The number of rotatable bonds is 7. The van der Waals surface area contributed by atoms with E-state index < -0.39 is 0 Å². The van der Waals surface area contributed by atoms with Crippen molar-refractivity contribution in [3.05, 3.63) is 28.8 Å². The Balaban J connectivity index is 2.85. The van der Waals surface area contributed by atoms with Crippen molar-refractivity contribution in [3.8, 4) is 0 Å². The van der Waals surface area contributed by atoms with E-state index in [1.807, 2.05) is 44.0 Å². The predicted molar refractivity (Wildman–Crippen MR) is 85.4 cm³/mol. The smallest absolute Gasteiger partial charge is 0.239 e. The van der Waals surface area contributed by atoms with E-state index in [2.05, 4.69) is 17.6 Å². The highest BCUT2D eigenvalue weighted by molar-refractivity contribution is 6.33. The van der Waals surface area contributed by atoms with E-state index in [4.69, 9.17) is 11.6 Å². The van der Waals surface area contributed by atoms with Gasteiger partial charge in [0.05, 0.1) is 17.3 Å². The number of hydrogen-bond acceptors (Lipinski definition) is 3. The monoisotopic (exact) mass is 297 g/mol. The van der Waals surface area contributed by atoms with Crippen molar-refractivity contribution >= 4 is 23.2 Å². The van der Waals surface area contributed by atoms with Gasteiger partial charge in [-0.25, -0.2) is 0 Å². The van der Waals surface area contributed by atoms with Crippen LogP contribution in [0.15, 0.2) is 18.2 Å². The summed E-state index contributed by atoms with van der Waals surface area (Å²) in [5.74, 6) is -0.00294. The van der Waals surface area contributed by atoms with Crippen LogP contribution in [0.2, 0.25) is 5.02 Å². The standard InChI is InChI=1S/C15H24ClN3O/c1-5-17-9-12-7-6-8-13(16)15(12)19(4)10-14(20)18-11(2)3/h6-8,11,17H,5,9-10H2,1-4H3,(H,18,20). The number of nitrogens with one attached hydrogen (secondary N) is 2. The number of benzene rings is 1. The normalized spacial score (nSPS) is 10.7. The molecular formula is C15H24ClN3O. The van der Waals surface area contributed by atoms with Crippen LogP contribution in [0.5, 0.6) is 0 Å². The van der Waals surface area contributed by atoms with Gasteiger partial charge in [-0.2, -0.15) is 0 Å². The quantitative estimate of drug-likeness (QED) is 0.812. The summed E-state index contributed by atoms with van der Waals surface area (Å²) in [6.07, 6.45) is 0. The van der Waals surface area contributed by atoms with Crippen molar-refractivity contribution in [2.75, 3.05) is 25.0 Å². The second-order valence-electron chi connectivity index (χ2n) is 5.11. The number of amides is 1. The van der Waals surface area contributed by atoms with Crippen LogP contribution in [0.4, 0.5) is 5.69 Å². The average molecular weight is 298 g/mol. The molecule has 0 aliphatic rings. The number of para-hydroxylation sites is 1. The van der Waals surface area contributed by atoms with Gasteiger partial charge in [-0.3, -0.25) is 4.79 Å². The summed E-state index contributed by atoms with van der Waals surface area (Å²) >= 11 is 6.29. The maximum absolute atomic E-state index is 11.9. The maximum atomic E-state index is 11.9. The molecule has 5 heteroatoms. The first-order chi connectivity index (χ1) is 9.45. The van der Waals surface area contributed by atoms with E-state index in [1.165, 1.54) is 0 Å². The highest BCUT2D eigenvalue weighted by atomic mass is 35.5. The van der Waals surface area contributed by atoms with E-state index in [0.29, 0.717) is 11.6 Å². The highest BCUT2D eigenvalue weighted by Crippen LogP contribution is 2.29. The molecule has 0 heterocycles. The fraction of sp³-hybridized carbons (Fsp3) is 0.533. The van der Waals surface area contributed by atoms with E-state index in [-0.39, 0.29) is 11.9 Å². The molecule has 0 saturated carbocycles. The lowest BCUT2D eigenvalue weighted by molar-refractivity contribution is -0.120. The zero-order valence-corrected chi connectivity index (χ0v) is 13.4. The zero-order chi connectivity index (χ0) is 15.1. The Hall–Kier alpha value is -1.26. The summed E-state index contributed by atoms with van der Waals surface area (Å²) in [5.41, 5.74) is 2.01. The summed E-state index contributed by atoms with van der Waals surface area (Å²) in [7, 11) is 1.89. The van der Waals surface area contributed by atoms with Crippen molar-refractivity contribution in [1.82, 2.24) is 10.6 Å². The first-order valence-electron chi connectivity index (χ1n) is 6.94. The minimum atomic E-state index is -0.00294. The first kappa shape index (κ1) is 16.8. The fourth-order valence-electron chi connectivity index (χ4n) is 2.05. The summed E-state index contributed by atoms with van der Waals surface area (Å²) in [4.78, 5) is 13.8. The molecule has 1 aromatic rings. The topological polar surface area (TPSA) is 44.4 Å². The molecule has 0 spiro atoms. The Morgan fingerprint density at radius 1 is 1.40 bits per heavy atom. The molecule has 0 atom stereocenters. The third kappa shape index (κ3) is 5.02. The van der Waals surface area contributed by atoms with Gasteiger partial charge in [-0.15, -0.1) is 0 Å². The van der Waals surface area contributed by atoms with Crippen LogP contribution in [0.3, 0.4) is 0 Å². The summed E-state index contributed by atoms with van der Waals surface area (Å²) in [6, 6.07) is 5.95. The van der Waals surface area contributed by atoms with Crippen LogP contribution in [-0.4, -0.2) is 32.1 Å². The van der Waals surface area contributed by atoms with Crippen molar-refractivity contribution in [2.45, 2.75) is 33.4 Å². The molecule has 0 bridgehead atoms. The third-order valence-electron chi connectivity index (χ3n) is 2.85. The largest absolute Gasteiger partial charge is 0.364 e. The average Bonchev–Trinajstić information content (AvgIpc) is 2.34. The SMILES string of the molecule is CCNCc1cccc(Cl)c1N(C)CC(=O)NC(C)C. The van der Waals surface area contributed by atoms with E-state index in [0.717, 1.165) is 24.3 Å². The molecule has 0 fully saturated rings. The van der Waals surface area contributed by atoms with Gasteiger partial charge in [0.2, 0.25) is 5.91 Å². The predicted octanol–water partition coefficient (Wildman–Crippen LogP) is 2.41. The second-order valence-corrected chi connectivity index (χ2v) is 5.51. The molecule has 0 aliphatic heterocycles. The molecular weight excluding hydrogens is 274 g/mol. The molecule has 0 radical (unpaired) electrons. The summed E-state index contributed by atoms with van der Waals surface area (Å²) < 4.78 is 0. The molecule has 20 heavy (non-hydrogen) atoms. The number of likely N-dealkylation sites (N-methyl/N-ethyl adjacent to an activating group) is 1. The van der Waals surface area contributed by atoms with Crippen LogP contribution in [0.25, 0.3) is 0 Å². The lowest BCUT2D eigenvalue weighted by Gasteiger charge is -2.24. The Kier molecular flexibility index (Phi) is 6.82. The van der Waals surface area contributed by atoms with Crippen LogP contribution in [-0.2, 0) is 11.3 Å². The molecule has 0 saturated heterocycles. The van der Waals surface area contributed by atoms with Crippen LogP contribution < -0.4 is 15.5 Å². The zero-order valence-electron chi connectivity index (χ0n) is 12.7. The minimum Gasteiger partial charge on any atom is -0.364 e. The molecule has 0 aromatic heterocycles. The van der Waals surface area contributed by atoms with Gasteiger partial charge >= 0.3 is 0 Å². The van der Waals surface area contributed by atoms with Gasteiger partial charge in [0.15, 0.2) is 0 Å². The van der Waals surface area contributed by atoms with Crippen LogP contribution in [0.1, 0.15) is 26.3 Å². The van der Waals surface area contributed by atoms with Crippen LogP contribution >= 0.6 is 11.6 Å². The van der Waals surface area contributed by atoms with Crippen molar-refractivity contribution < 1.29 is 4.79 Å². The number of carbonyl (C=O) groups is 1. The van der Waals surface area contributed by atoms with Crippen molar-refractivity contribution in [1.29, 1.82) is 0 Å². The second kappa shape index (κ2) is 8.12. The maximum Gasteiger partial charge on any atom is 0.239 e. The highest BCUT2D eigenvalue weighted by Gasteiger charge is 2.14. The van der Waals surface area contributed by atoms with Gasteiger partial charge in [0.25, 0.3) is 0 Å². The van der Waals surface area contributed by atoms with Crippen molar-refractivity contribution in [2.24, 2.45) is 0 Å². The molecule has 0 unspecified atom stereocenters. The Morgan fingerprint density at radius 3 is 2.70 bits per heavy atom. The molecule has 1 aromatic carbocycles. The number of carbonyl (C=O) groups excluding carboxylic acids is 1. The summed E-state index contributed by atoms with van der Waals surface area (Å²) in [5, 5.41) is 6.84. The molecule has 1 amide bonds. The third-order valence-corrected chi connectivity index (χ3v) is 3.15. The van der Waals surface area contributed by atoms with Gasteiger partial charge < -0.3 is 15.5 Å². The van der Waals surface area contributed by atoms with Gasteiger partial charge in [-0.1, -0.05) is 30.7 Å². The van der Waals surface area contributed by atoms with Crippen molar-refractivity contribution in [3.63, 3.8) is 0 Å². The number of halogens is 1. The van der Waals surface area contributed by atoms with Gasteiger partial charge in [0, 0.05) is 19.6 Å². The number of nitrogens with zero attached hydrogens (tertiary/aromatic N) is 1. The number of anilines is 1. The Morgan fingerprint density at radius 2 is 2.10 bits per heavy atom.